The summed E-state index contributed by atoms with van der Waals surface area (Å²) in [6.07, 6.45) is -4.14. The highest BCUT2D eigenvalue weighted by atomic mass is 32.1. The Balaban J connectivity index is 1.60. The van der Waals surface area contributed by atoms with Crippen molar-refractivity contribution < 1.29 is 41.1 Å². The fraction of sp³-hybridized carbons (Fsp3) is 0.226. The molecule has 0 aliphatic rings. The van der Waals surface area contributed by atoms with Gasteiger partial charge in [0.1, 0.15) is 17.7 Å². The van der Waals surface area contributed by atoms with Crippen LogP contribution in [0.5, 0.6) is 0 Å². The lowest BCUT2D eigenvalue weighted by molar-refractivity contribution is -0.137. The number of hydrogen-bond acceptors (Lipinski definition) is 6. The molecule has 0 unspecified atom stereocenters. The standard InChI is InChI=1S/C31H26F5N3O4S/c1-3-6-24(37-25(40)15-17-13-20(32)16-21(33)14-17)28(41)39-30-38-26(29(42)43-2)27(44-30)23-8-5-4-7-22(23)18-9-11-19(12-10-18)31(34,35)36/h4-5,7-14,16,24H,3,6,15H2,1-2H3,(H,37,40)(H,38,39,41)/t24-/m0/s1. The number of benzene rings is 3. The van der Waals surface area contributed by atoms with E-state index in [1.807, 2.05) is 0 Å². The van der Waals surface area contributed by atoms with Gasteiger partial charge in [0.05, 0.1) is 24.0 Å². The first kappa shape index (κ1) is 32.3. The molecule has 0 radical (unpaired) electrons. The van der Waals surface area contributed by atoms with E-state index in [-0.39, 0.29) is 29.2 Å². The SMILES string of the molecule is CCC[C@H](NC(=O)Cc1cc(F)cc(F)c1)C(=O)Nc1nc(C(=O)OC)c(-c2ccccc2-c2ccc(C(F)(F)F)cc2)s1. The summed E-state index contributed by atoms with van der Waals surface area (Å²) in [4.78, 5) is 43.1. The largest absolute Gasteiger partial charge is 0.464 e. The predicted octanol–water partition coefficient (Wildman–Crippen LogP) is 7.03. The number of nitrogens with zero attached hydrogens (tertiary/aromatic N) is 1. The number of nitrogens with one attached hydrogen (secondary N) is 2. The molecule has 2 amide bonds. The Kier molecular flexibility index (Phi) is 10.1. The molecule has 2 N–H and O–H groups in total. The fourth-order valence-electron chi connectivity index (χ4n) is 4.46. The van der Waals surface area contributed by atoms with E-state index in [0.29, 0.717) is 34.1 Å². The average Bonchev–Trinajstić information content (AvgIpc) is 3.39. The van der Waals surface area contributed by atoms with Gasteiger partial charge in [0.25, 0.3) is 0 Å². The monoisotopic (exact) mass is 631 g/mol. The van der Waals surface area contributed by atoms with Crippen LogP contribution in [0.25, 0.3) is 21.6 Å². The summed E-state index contributed by atoms with van der Waals surface area (Å²) >= 11 is 0.941. The lowest BCUT2D eigenvalue weighted by atomic mass is 9.97. The van der Waals surface area contributed by atoms with Gasteiger partial charge in [-0.15, -0.1) is 0 Å². The molecular weight excluding hydrogens is 605 g/mol. The lowest BCUT2D eigenvalue weighted by Gasteiger charge is -2.17. The molecule has 1 aromatic heterocycles. The molecule has 7 nitrogen and oxygen atoms in total. The third-order valence-electron chi connectivity index (χ3n) is 6.45. The van der Waals surface area contributed by atoms with Crippen molar-refractivity contribution in [1.82, 2.24) is 10.3 Å². The number of thiazole rings is 1. The number of methoxy groups -OCH3 is 1. The molecule has 1 heterocycles. The van der Waals surface area contributed by atoms with Gasteiger partial charge in [-0.2, -0.15) is 13.2 Å². The third kappa shape index (κ3) is 7.84. The van der Waals surface area contributed by atoms with E-state index in [1.54, 1.807) is 31.2 Å². The zero-order chi connectivity index (χ0) is 32.0. The van der Waals surface area contributed by atoms with Crippen molar-refractivity contribution >= 4 is 34.3 Å². The molecule has 0 fully saturated rings. The van der Waals surface area contributed by atoms with Crippen LogP contribution in [0.3, 0.4) is 0 Å². The Morgan fingerprint density at radius 2 is 1.59 bits per heavy atom. The van der Waals surface area contributed by atoms with Crippen LogP contribution in [0.4, 0.5) is 27.1 Å². The second-order valence-electron chi connectivity index (χ2n) is 9.66. The number of rotatable bonds is 10. The van der Waals surface area contributed by atoms with Crippen molar-refractivity contribution in [2.45, 2.75) is 38.4 Å². The Hall–Kier alpha value is -4.65. The number of ether oxygens (including phenoxy) is 1. The zero-order valence-electron chi connectivity index (χ0n) is 23.4. The van der Waals surface area contributed by atoms with E-state index in [9.17, 15) is 36.3 Å². The zero-order valence-corrected chi connectivity index (χ0v) is 24.2. The van der Waals surface area contributed by atoms with E-state index >= 15 is 0 Å². The van der Waals surface area contributed by atoms with Crippen molar-refractivity contribution in [2.75, 3.05) is 12.4 Å². The topological polar surface area (TPSA) is 97.4 Å². The number of anilines is 1. The molecular formula is C31H26F5N3O4S. The molecule has 0 spiro atoms. The van der Waals surface area contributed by atoms with Crippen molar-refractivity contribution in [3.05, 3.63) is 95.2 Å². The molecule has 0 saturated heterocycles. The van der Waals surface area contributed by atoms with E-state index in [2.05, 4.69) is 15.6 Å². The van der Waals surface area contributed by atoms with Gasteiger partial charge in [-0.25, -0.2) is 18.6 Å². The van der Waals surface area contributed by atoms with Crippen molar-refractivity contribution in [3.8, 4) is 21.6 Å². The summed E-state index contributed by atoms with van der Waals surface area (Å²) in [7, 11) is 1.16. The normalized spacial score (nSPS) is 12.0. The smallest absolute Gasteiger partial charge is 0.416 e. The fourth-order valence-corrected chi connectivity index (χ4v) is 5.45. The number of esters is 1. The number of alkyl halides is 3. The first-order chi connectivity index (χ1) is 20.9. The van der Waals surface area contributed by atoms with Crippen molar-refractivity contribution in [1.29, 1.82) is 0 Å². The van der Waals surface area contributed by atoms with E-state index in [4.69, 9.17) is 4.74 Å². The molecule has 4 rings (SSSR count). The Morgan fingerprint density at radius 1 is 0.955 bits per heavy atom. The second kappa shape index (κ2) is 13.8. The number of hydrogen-bond donors (Lipinski definition) is 2. The molecule has 4 aromatic rings. The number of amides is 2. The maximum absolute atomic E-state index is 13.5. The van der Waals surface area contributed by atoms with Gasteiger partial charge in [0.15, 0.2) is 10.8 Å². The Morgan fingerprint density at radius 3 is 2.18 bits per heavy atom. The van der Waals surface area contributed by atoms with Crippen LogP contribution in [-0.4, -0.2) is 35.9 Å². The van der Waals surface area contributed by atoms with Crippen LogP contribution in [0, 0.1) is 11.6 Å². The quantitative estimate of drug-likeness (QED) is 0.145. The van der Waals surface area contributed by atoms with Crippen LogP contribution in [-0.2, 0) is 26.9 Å². The number of aromatic nitrogens is 1. The van der Waals surface area contributed by atoms with Gasteiger partial charge in [0.2, 0.25) is 11.8 Å². The summed E-state index contributed by atoms with van der Waals surface area (Å²) in [6.45, 7) is 1.80. The molecule has 13 heteroatoms. The minimum atomic E-state index is -4.51. The maximum atomic E-state index is 13.5. The highest BCUT2D eigenvalue weighted by Gasteiger charge is 2.30. The van der Waals surface area contributed by atoms with Crippen LogP contribution >= 0.6 is 11.3 Å². The molecule has 0 aliphatic carbocycles. The van der Waals surface area contributed by atoms with Gasteiger partial charge in [-0.3, -0.25) is 9.59 Å². The predicted molar refractivity (Wildman–Crippen MR) is 155 cm³/mol. The number of carbonyl (C=O) groups is 3. The Bertz CT molecular complexity index is 1650. The van der Waals surface area contributed by atoms with Crippen LogP contribution in [0.1, 0.15) is 41.4 Å². The van der Waals surface area contributed by atoms with Crippen LogP contribution < -0.4 is 10.6 Å². The van der Waals surface area contributed by atoms with Gasteiger partial charge >= 0.3 is 12.1 Å². The minimum absolute atomic E-state index is 0.00942. The first-order valence-corrected chi connectivity index (χ1v) is 14.1. The van der Waals surface area contributed by atoms with Crippen LogP contribution in [0.2, 0.25) is 0 Å². The second-order valence-corrected chi connectivity index (χ2v) is 10.7. The van der Waals surface area contributed by atoms with Gasteiger partial charge in [-0.1, -0.05) is 61.1 Å². The van der Waals surface area contributed by atoms with Crippen molar-refractivity contribution in [3.63, 3.8) is 0 Å². The molecule has 0 saturated carbocycles. The summed E-state index contributed by atoms with van der Waals surface area (Å²) in [5.41, 5.74) is 0.580. The molecule has 0 bridgehead atoms. The molecule has 0 aliphatic heterocycles. The highest BCUT2D eigenvalue weighted by Crippen LogP contribution is 2.40. The lowest BCUT2D eigenvalue weighted by Crippen LogP contribution is -2.44. The summed E-state index contributed by atoms with van der Waals surface area (Å²) < 4.78 is 71.3. The number of carbonyl (C=O) groups excluding carboxylic acids is 3. The van der Waals surface area contributed by atoms with Gasteiger partial charge in [-0.05, 0) is 47.4 Å². The highest BCUT2D eigenvalue weighted by molar-refractivity contribution is 7.19. The molecule has 3 aromatic carbocycles. The van der Waals surface area contributed by atoms with Crippen molar-refractivity contribution in [2.24, 2.45) is 0 Å². The summed E-state index contributed by atoms with van der Waals surface area (Å²) in [5.74, 6) is -3.75. The average molecular weight is 632 g/mol. The van der Waals surface area contributed by atoms with Crippen LogP contribution in [0.15, 0.2) is 66.7 Å². The maximum Gasteiger partial charge on any atom is 0.416 e. The summed E-state index contributed by atoms with van der Waals surface area (Å²) in [5, 5.41) is 5.18. The third-order valence-corrected chi connectivity index (χ3v) is 7.45. The summed E-state index contributed by atoms with van der Waals surface area (Å²) in [6, 6.07) is 12.9. The first-order valence-electron chi connectivity index (χ1n) is 13.3. The van der Waals surface area contributed by atoms with E-state index in [1.165, 1.54) is 12.1 Å². The van der Waals surface area contributed by atoms with E-state index in [0.717, 1.165) is 42.7 Å². The van der Waals surface area contributed by atoms with Gasteiger partial charge in [0, 0.05) is 11.6 Å². The molecule has 230 valence electrons. The number of halogens is 5. The minimum Gasteiger partial charge on any atom is -0.464 e. The van der Waals surface area contributed by atoms with Gasteiger partial charge < -0.3 is 15.4 Å². The van der Waals surface area contributed by atoms with E-state index < -0.39 is 47.2 Å². The Labute approximate surface area is 253 Å². The molecule has 44 heavy (non-hydrogen) atoms. The molecule has 1 atom stereocenters.